The van der Waals surface area contributed by atoms with Crippen LogP contribution < -0.4 is 4.72 Å². The molecule has 6 heteroatoms. The van der Waals surface area contributed by atoms with Crippen LogP contribution in [0.5, 0.6) is 0 Å². The lowest BCUT2D eigenvalue weighted by Gasteiger charge is -2.26. The smallest absolute Gasteiger partial charge is 0.251 e. The highest BCUT2D eigenvalue weighted by molar-refractivity contribution is 7.90. The molecule has 21 heavy (non-hydrogen) atoms. The molecule has 0 saturated carbocycles. The third-order valence-corrected chi connectivity index (χ3v) is 4.47. The summed E-state index contributed by atoms with van der Waals surface area (Å²) in [6.45, 7) is 3.78. The van der Waals surface area contributed by atoms with Crippen molar-refractivity contribution in [1.82, 2.24) is 9.62 Å². The predicted octanol–water partition coefficient (Wildman–Crippen LogP) is 1.26. The molecule has 1 N–H and O–H groups in total. The van der Waals surface area contributed by atoms with Gasteiger partial charge in [-0.05, 0) is 32.0 Å². The number of benzene rings is 1. The molecule has 0 radical (unpaired) electrons. The van der Waals surface area contributed by atoms with Crippen molar-refractivity contribution in [1.29, 1.82) is 0 Å². The molecule has 118 valence electrons. The lowest BCUT2D eigenvalue weighted by atomic mass is 10.0. The average Bonchev–Trinajstić information content (AvgIpc) is 2.36. The van der Waals surface area contributed by atoms with Crippen molar-refractivity contribution in [3.05, 3.63) is 35.9 Å². The molecule has 1 atom stereocenters. The number of aryl methyl sites for hydroxylation is 1. The number of likely N-dealkylation sites (N-methyl/N-ethyl adjacent to an activating group) is 1. The number of nitrogens with one attached hydrogen (secondary N) is 1. The first-order valence-corrected chi connectivity index (χ1v) is 8.63. The maximum absolute atomic E-state index is 12.1. The zero-order valence-electron chi connectivity index (χ0n) is 13.0. The Labute approximate surface area is 127 Å². The summed E-state index contributed by atoms with van der Waals surface area (Å²) >= 11 is 0. The largest absolute Gasteiger partial charge is 0.298 e. The Morgan fingerprint density at radius 3 is 2.24 bits per heavy atom. The molecule has 0 aromatic heterocycles. The molecule has 0 fully saturated rings. The number of amides is 1. The van der Waals surface area contributed by atoms with Gasteiger partial charge in [-0.2, -0.15) is 0 Å². The standard InChI is InChI=1S/C15H24N2O3S/c1-12(2)14(17(3)4)15(18)16-21(19,20)11-10-13-8-6-5-7-9-13/h5-9,12,14H,10-11H2,1-4H3,(H,16,18). The first kappa shape index (κ1) is 17.7. The van der Waals surface area contributed by atoms with E-state index in [4.69, 9.17) is 0 Å². The van der Waals surface area contributed by atoms with E-state index in [1.54, 1.807) is 19.0 Å². The molecule has 0 aliphatic rings. The minimum absolute atomic E-state index is 0.0318. The number of hydrogen-bond donors (Lipinski definition) is 1. The van der Waals surface area contributed by atoms with E-state index in [0.29, 0.717) is 6.42 Å². The summed E-state index contributed by atoms with van der Waals surface area (Å²) < 4.78 is 26.2. The van der Waals surface area contributed by atoms with Crippen molar-refractivity contribution in [3.8, 4) is 0 Å². The van der Waals surface area contributed by atoms with Gasteiger partial charge in [-0.1, -0.05) is 44.2 Å². The van der Waals surface area contributed by atoms with E-state index in [9.17, 15) is 13.2 Å². The maximum atomic E-state index is 12.1. The van der Waals surface area contributed by atoms with Gasteiger partial charge in [0.25, 0.3) is 5.91 Å². The third-order valence-electron chi connectivity index (χ3n) is 3.21. The van der Waals surface area contributed by atoms with Gasteiger partial charge in [-0.3, -0.25) is 14.4 Å². The van der Waals surface area contributed by atoms with Crippen molar-refractivity contribution in [3.63, 3.8) is 0 Å². The molecular formula is C15H24N2O3S. The van der Waals surface area contributed by atoms with E-state index in [1.807, 2.05) is 44.2 Å². The molecule has 0 aliphatic heterocycles. The Bertz CT molecular complexity index is 546. The highest BCUT2D eigenvalue weighted by Gasteiger charge is 2.27. The highest BCUT2D eigenvalue weighted by Crippen LogP contribution is 2.08. The van der Waals surface area contributed by atoms with Crippen molar-refractivity contribution in [2.45, 2.75) is 26.3 Å². The molecule has 0 bridgehead atoms. The zero-order valence-corrected chi connectivity index (χ0v) is 13.9. The molecule has 1 aromatic carbocycles. The minimum atomic E-state index is -3.62. The number of carbonyl (C=O) groups excluding carboxylic acids is 1. The molecule has 1 aromatic rings. The summed E-state index contributed by atoms with van der Waals surface area (Å²) in [5, 5.41) is 0. The van der Waals surface area contributed by atoms with E-state index < -0.39 is 22.0 Å². The van der Waals surface area contributed by atoms with E-state index in [2.05, 4.69) is 4.72 Å². The SMILES string of the molecule is CC(C)C(C(=O)NS(=O)(=O)CCc1ccccc1)N(C)C. The Morgan fingerprint density at radius 1 is 1.19 bits per heavy atom. The van der Waals surface area contributed by atoms with Crippen LogP contribution in [0.3, 0.4) is 0 Å². The summed E-state index contributed by atoms with van der Waals surface area (Å²) in [6, 6.07) is 8.88. The van der Waals surface area contributed by atoms with Gasteiger partial charge in [-0.15, -0.1) is 0 Å². The fourth-order valence-electron chi connectivity index (χ4n) is 2.30. The first-order chi connectivity index (χ1) is 9.73. The van der Waals surface area contributed by atoms with Crippen molar-refractivity contribution in [2.75, 3.05) is 19.8 Å². The Morgan fingerprint density at radius 2 is 1.76 bits per heavy atom. The number of carbonyl (C=O) groups is 1. The monoisotopic (exact) mass is 312 g/mol. The summed E-state index contributed by atoms with van der Waals surface area (Å²) in [5.41, 5.74) is 0.934. The summed E-state index contributed by atoms with van der Waals surface area (Å²) in [4.78, 5) is 13.9. The van der Waals surface area contributed by atoms with Crippen LogP contribution in [0.15, 0.2) is 30.3 Å². The summed E-state index contributed by atoms with van der Waals surface area (Å²) in [5.74, 6) is -0.534. The van der Waals surface area contributed by atoms with E-state index >= 15 is 0 Å². The second-order valence-corrected chi connectivity index (χ2v) is 7.52. The van der Waals surface area contributed by atoms with Crippen LogP contribution in [-0.2, 0) is 21.2 Å². The molecule has 0 spiro atoms. The van der Waals surface area contributed by atoms with Crippen LogP contribution in [-0.4, -0.2) is 45.1 Å². The highest BCUT2D eigenvalue weighted by atomic mass is 32.2. The lowest BCUT2D eigenvalue weighted by Crippen LogP contribution is -2.49. The van der Waals surface area contributed by atoms with E-state index in [0.717, 1.165) is 5.56 Å². The first-order valence-electron chi connectivity index (χ1n) is 6.97. The van der Waals surface area contributed by atoms with Crippen LogP contribution in [0.25, 0.3) is 0 Å². The van der Waals surface area contributed by atoms with Gasteiger partial charge >= 0.3 is 0 Å². The number of nitrogens with zero attached hydrogens (tertiary/aromatic N) is 1. The van der Waals surface area contributed by atoms with Gasteiger partial charge in [-0.25, -0.2) is 8.42 Å². The number of rotatable bonds is 7. The Kier molecular flexibility index (Phi) is 6.36. The fourth-order valence-corrected chi connectivity index (χ4v) is 3.33. The van der Waals surface area contributed by atoms with E-state index in [-0.39, 0.29) is 11.7 Å². The predicted molar refractivity (Wildman–Crippen MR) is 84.4 cm³/mol. The van der Waals surface area contributed by atoms with Crippen LogP contribution >= 0.6 is 0 Å². The van der Waals surface area contributed by atoms with Gasteiger partial charge in [0, 0.05) is 0 Å². The van der Waals surface area contributed by atoms with Crippen LogP contribution in [0.4, 0.5) is 0 Å². The van der Waals surface area contributed by atoms with Crippen molar-refractivity contribution < 1.29 is 13.2 Å². The third kappa shape index (κ3) is 5.85. The normalized spacial score (nSPS) is 13.4. The molecular weight excluding hydrogens is 288 g/mol. The van der Waals surface area contributed by atoms with E-state index in [1.165, 1.54) is 0 Å². The average molecular weight is 312 g/mol. The summed E-state index contributed by atoms with van der Waals surface area (Å²) in [7, 11) is -0.0878. The zero-order chi connectivity index (χ0) is 16.0. The Balaban J connectivity index is 2.65. The van der Waals surface area contributed by atoms with Crippen LogP contribution in [0.2, 0.25) is 0 Å². The second kappa shape index (κ2) is 7.56. The fraction of sp³-hybridized carbons (Fsp3) is 0.533. The molecule has 5 nitrogen and oxygen atoms in total. The molecule has 0 saturated heterocycles. The van der Waals surface area contributed by atoms with Gasteiger partial charge in [0.2, 0.25) is 10.0 Å². The van der Waals surface area contributed by atoms with Crippen LogP contribution in [0.1, 0.15) is 19.4 Å². The van der Waals surface area contributed by atoms with Crippen LogP contribution in [0, 0.1) is 5.92 Å². The molecule has 1 rings (SSSR count). The minimum Gasteiger partial charge on any atom is -0.298 e. The van der Waals surface area contributed by atoms with Gasteiger partial charge in [0.05, 0.1) is 11.8 Å². The lowest BCUT2D eigenvalue weighted by molar-refractivity contribution is -0.125. The number of hydrogen-bond acceptors (Lipinski definition) is 4. The maximum Gasteiger partial charge on any atom is 0.251 e. The van der Waals surface area contributed by atoms with Gasteiger partial charge in [0.15, 0.2) is 0 Å². The molecule has 1 unspecified atom stereocenters. The topological polar surface area (TPSA) is 66.5 Å². The van der Waals surface area contributed by atoms with Crippen molar-refractivity contribution >= 4 is 15.9 Å². The molecule has 1 amide bonds. The Hall–Kier alpha value is -1.40. The molecule has 0 heterocycles. The van der Waals surface area contributed by atoms with Crippen molar-refractivity contribution in [2.24, 2.45) is 5.92 Å². The van der Waals surface area contributed by atoms with Gasteiger partial charge < -0.3 is 0 Å². The number of sulfonamides is 1. The van der Waals surface area contributed by atoms with Gasteiger partial charge in [0.1, 0.15) is 0 Å². The molecule has 0 aliphatic carbocycles. The quantitative estimate of drug-likeness (QED) is 0.823. The summed E-state index contributed by atoms with van der Waals surface area (Å²) in [6.07, 6.45) is 0.387. The second-order valence-electron chi connectivity index (χ2n) is 5.67.